The van der Waals surface area contributed by atoms with Gasteiger partial charge in [0.25, 0.3) is 5.91 Å². The summed E-state index contributed by atoms with van der Waals surface area (Å²) >= 11 is 0. The van der Waals surface area contributed by atoms with Crippen molar-refractivity contribution in [3.8, 4) is 11.5 Å². The van der Waals surface area contributed by atoms with E-state index in [-0.39, 0.29) is 37.0 Å². The highest BCUT2D eigenvalue weighted by Gasteiger charge is 2.29. The van der Waals surface area contributed by atoms with Gasteiger partial charge in [0.2, 0.25) is 5.91 Å². The molecule has 29 heavy (non-hydrogen) atoms. The van der Waals surface area contributed by atoms with Crippen LogP contribution < -0.4 is 9.64 Å². The highest BCUT2D eigenvalue weighted by atomic mass is 16.6. The second kappa shape index (κ2) is 8.64. The zero-order valence-corrected chi connectivity index (χ0v) is 16.3. The van der Waals surface area contributed by atoms with Gasteiger partial charge < -0.3 is 19.5 Å². The Kier molecular flexibility index (Phi) is 6.01. The van der Waals surface area contributed by atoms with Crippen LogP contribution in [-0.2, 0) is 20.9 Å². The SMILES string of the molecule is CC(=O)OCCOc1ccc(C(=O)N2CC(=O)N(C)Cc3ccccc32)c(O)c1. The van der Waals surface area contributed by atoms with Crippen molar-refractivity contribution in [2.75, 3.05) is 31.7 Å². The van der Waals surface area contributed by atoms with Gasteiger partial charge in [-0.2, -0.15) is 0 Å². The van der Waals surface area contributed by atoms with E-state index in [1.165, 1.54) is 24.0 Å². The first-order valence-electron chi connectivity index (χ1n) is 9.09. The molecule has 0 saturated heterocycles. The second-order valence-electron chi connectivity index (χ2n) is 6.64. The number of fused-ring (bicyclic) bond motifs is 1. The lowest BCUT2D eigenvalue weighted by Gasteiger charge is -2.22. The summed E-state index contributed by atoms with van der Waals surface area (Å²) in [5.41, 5.74) is 1.54. The topological polar surface area (TPSA) is 96.4 Å². The molecule has 0 bridgehead atoms. The fourth-order valence-electron chi connectivity index (χ4n) is 3.05. The van der Waals surface area contributed by atoms with E-state index >= 15 is 0 Å². The van der Waals surface area contributed by atoms with Crippen molar-refractivity contribution < 1.29 is 29.0 Å². The highest BCUT2D eigenvalue weighted by Crippen LogP contribution is 2.30. The van der Waals surface area contributed by atoms with Crippen LogP contribution in [0.5, 0.6) is 11.5 Å². The summed E-state index contributed by atoms with van der Waals surface area (Å²) in [7, 11) is 1.69. The normalized spacial score (nSPS) is 13.5. The molecule has 1 N–H and O–H groups in total. The van der Waals surface area contributed by atoms with Gasteiger partial charge >= 0.3 is 5.97 Å². The van der Waals surface area contributed by atoms with Gasteiger partial charge in [-0.05, 0) is 23.8 Å². The quantitative estimate of drug-likeness (QED) is 0.611. The monoisotopic (exact) mass is 398 g/mol. The molecule has 152 valence electrons. The van der Waals surface area contributed by atoms with Gasteiger partial charge in [-0.15, -0.1) is 0 Å². The average molecular weight is 398 g/mol. The van der Waals surface area contributed by atoms with Gasteiger partial charge in [0.1, 0.15) is 31.3 Å². The van der Waals surface area contributed by atoms with Crippen molar-refractivity contribution in [3.05, 3.63) is 53.6 Å². The summed E-state index contributed by atoms with van der Waals surface area (Å²) in [6.07, 6.45) is 0. The van der Waals surface area contributed by atoms with E-state index in [1.54, 1.807) is 30.1 Å². The molecule has 1 aliphatic heterocycles. The number of hydrogen-bond acceptors (Lipinski definition) is 6. The number of rotatable bonds is 5. The third-order valence-corrected chi connectivity index (χ3v) is 4.51. The lowest BCUT2D eigenvalue weighted by Crippen LogP contribution is -2.38. The Bertz CT molecular complexity index is 943. The molecule has 1 heterocycles. The molecule has 8 nitrogen and oxygen atoms in total. The molecule has 0 unspecified atom stereocenters. The summed E-state index contributed by atoms with van der Waals surface area (Å²) in [6, 6.07) is 11.6. The molecule has 1 aliphatic rings. The Morgan fingerprint density at radius 2 is 1.86 bits per heavy atom. The van der Waals surface area contributed by atoms with Crippen LogP contribution >= 0.6 is 0 Å². The van der Waals surface area contributed by atoms with Crippen molar-refractivity contribution >= 4 is 23.5 Å². The van der Waals surface area contributed by atoms with Crippen molar-refractivity contribution in [3.63, 3.8) is 0 Å². The van der Waals surface area contributed by atoms with E-state index in [2.05, 4.69) is 0 Å². The van der Waals surface area contributed by atoms with Crippen LogP contribution in [0, 0.1) is 0 Å². The fourth-order valence-corrected chi connectivity index (χ4v) is 3.05. The minimum Gasteiger partial charge on any atom is -0.507 e. The molecule has 8 heteroatoms. The summed E-state index contributed by atoms with van der Waals surface area (Å²) in [5.74, 6) is -1.01. The molecular formula is C21H22N2O6. The Balaban J connectivity index is 1.80. The zero-order chi connectivity index (χ0) is 21.0. The molecule has 0 radical (unpaired) electrons. The van der Waals surface area contributed by atoms with E-state index in [4.69, 9.17) is 9.47 Å². The molecule has 0 spiro atoms. The number of ether oxygens (including phenoxy) is 2. The van der Waals surface area contributed by atoms with Gasteiger partial charge in [-0.1, -0.05) is 18.2 Å². The maximum atomic E-state index is 13.1. The number of esters is 1. The largest absolute Gasteiger partial charge is 0.507 e. The number of para-hydroxylation sites is 1. The number of hydrogen-bond donors (Lipinski definition) is 1. The van der Waals surface area contributed by atoms with Crippen molar-refractivity contribution in [2.24, 2.45) is 0 Å². The summed E-state index contributed by atoms with van der Waals surface area (Å²) in [4.78, 5) is 39.2. The maximum Gasteiger partial charge on any atom is 0.302 e. The first-order chi connectivity index (χ1) is 13.9. The Labute approximate surface area is 168 Å². The van der Waals surface area contributed by atoms with E-state index in [1.807, 2.05) is 12.1 Å². The van der Waals surface area contributed by atoms with Gasteiger partial charge in [0, 0.05) is 32.3 Å². The van der Waals surface area contributed by atoms with Crippen molar-refractivity contribution in [1.82, 2.24) is 4.90 Å². The number of carbonyl (C=O) groups is 3. The molecule has 0 fully saturated rings. The number of phenolic OH excluding ortho intramolecular Hbond substituents is 1. The summed E-state index contributed by atoms with van der Waals surface area (Å²) < 4.78 is 10.2. The maximum absolute atomic E-state index is 13.1. The average Bonchev–Trinajstić information content (AvgIpc) is 2.81. The number of benzene rings is 2. The standard InChI is InChI=1S/C21H22N2O6/c1-14(24)28-9-10-29-16-7-8-17(19(25)11-16)21(27)23-13-20(26)22(2)12-15-5-3-4-6-18(15)23/h3-8,11,25H,9-10,12-13H2,1-2H3. The van der Waals surface area contributed by atoms with Crippen LogP contribution in [-0.4, -0.2) is 54.6 Å². The number of likely N-dealkylation sites (N-methyl/N-ethyl adjacent to an activating group) is 1. The minimum absolute atomic E-state index is 0.0597. The molecular weight excluding hydrogens is 376 g/mol. The summed E-state index contributed by atoms with van der Waals surface area (Å²) in [5, 5.41) is 10.4. The lowest BCUT2D eigenvalue weighted by molar-refractivity contribution is -0.141. The van der Waals surface area contributed by atoms with Crippen LogP contribution in [0.1, 0.15) is 22.8 Å². The lowest BCUT2D eigenvalue weighted by atomic mass is 10.1. The highest BCUT2D eigenvalue weighted by molar-refractivity contribution is 6.11. The molecule has 2 aromatic carbocycles. The smallest absolute Gasteiger partial charge is 0.302 e. The number of anilines is 1. The number of aromatic hydroxyl groups is 1. The Morgan fingerprint density at radius 3 is 2.59 bits per heavy atom. The number of carbonyl (C=O) groups excluding carboxylic acids is 3. The second-order valence-corrected chi connectivity index (χ2v) is 6.64. The van der Waals surface area contributed by atoms with E-state index in [0.29, 0.717) is 18.0 Å². The van der Waals surface area contributed by atoms with E-state index < -0.39 is 11.9 Å². The van der Waals surface area contributed by atoms with Gasteiger partial charge in [-0.25, -0.2) is 0 Å². The van der Waals surface area contributed by atoms with Gasteiger partial charge in [0.15, 0.2) is 0 Å². The van der Waals surface area contributed by atoms with E-state index in [0.717, 1.165) is 5.56 Å². The van der Waals surface area contributed by atoms with Gasteiger partial charge in [0.05, 0.1) is 5.56 Å². The summed E-state index contributed by atoms with van der Waals surface area (Å²) in [6.45, 7) is 1.78. The van der Waals surface area contributed by atoms with Crippen LogP contribution in [0.15, 0.2) is 42.5 Å². The van der Waals surface area contributed by atoms with Crippen LogP contribution in [0.2, 0.25) is 0 Å². The molecule has 3 rings (SSSR count). The molecule has 0 aromatic heterocycles. The van der Waals surface area contributed by atoms with Crippen molar-refractivity contribution in [2.45, 2.75) is 13.5 Å². The first kappa shape index (κ1) is 20.2. The van der Waals surface area contributed by atoms with Crippen LogP contribution in [0.4, 0.5) is 5.69 Å². The fraction of sp³-hybridized carbons (Fsp3) is 0.286. The zero-order valence-electron chi connectivity index (χ0n) is 16.3. The van der Waals surface area contributed by atoms with Crippen molar-refractivity contribution in [1.29, 1.82) is 0 Å². The van der Waals surface area contributed by atoms with Crippen LogP contribution in [0.25, 0.3) is 0 Å². The molecule has 2 aromatic rings. The molecule has 2 amide bonds. The first-order valence-corrected chi connectivity index (χ1v) is 9.09. The third-order valence-electron chi connectivity index (χ3n) is 4.51. The third kappa shape index (κ3) is 4.66. The Hall–Kier alpha value is -3.55. The predicted molar refractivity (Wildman–Crippen MR) is 105 cm³/mol. The molecule has 0 atom stereocenters. The predicted octanol–water partition coefficient (Wildman–Crippen LogP) is 1.95. The molecule has 0 aliphatic carbocycles. The van der Waals surface area contributed by atoms with E-state index in [9.17, 15) is 19.5 Å². The number of amides is 2. The van der Waals surface area contributed by atoms with Gasteiger partial charge in [-0.3, -0.25) is 19.3 Å². The number of nitrogens with zero attached hydrogens (tertiary/aromatic N) is 2. The van der Waals surface area contributed by atoms with Crippen LogP contribution in [0.3, 0.4) is 0 Å². The number of phenols is 1. The Morgan fingerprint density at radius 1 is 1.10 bits per heavy atom. The minimum atomic E-state index is -0.481. The molecule has 0 saturated carbocycles.